The van der Waals surface area contributed by atoms with Crippen LogP contribution >= 0.6 is 0 Å². The van der Waals surface area contributed by atoms with Gasteiger partial charge in [0.05, 0.1) is 17.8 Å². The predicted octanol–water partition coefficient (Wildman–Crippen LogP) is 2.44. The molecule has 0 spiro atoms. The highest BCUT2D eigenvalue weighted by Crippen LogP contribution is 2.34. The Balaban J connectivity index is 1.90. The van der Waals surface area contributed by atoms with Crippen LogP contribution in [-0.4, -0.2) is 54.3 Å². The number of carbonyl (C=O) groups excluding carboxylic acids is 2. The van der Waals surface area contributed by atoms with E-state index in [4.69, 9.17) is 0 Å². The molecule has 0 bridgehead atoms. The fourth-order valence-electron chi connectivity index (χ4n) is 2.72. The Labute approximate surface area is 144 Å². The Morgan fingerprint density at radius 3 is 2.28 bits per heavy atom. The Hall–Kier alpha value is -2.09. The van der Waals surface area contributed by atoms with Crippen LogP contribution in [0.3, 0.4) is 0 Å². The molecule has 0 saturated carbocycles. The number of carbonyl (C=O) groups is 2. The lowest BCUT2D eigenvalue weighted by molar-refractivity contribution is -0.137. The molecule has 1 fully saturated rings. The van der Waals surface area contributed by atoms with Gasteiger partial charge in [-0.25, -0.2) is 0 Å². The van der Waals surface area contributed by atoms with Crippen molar-refractivity contribution >= 4 is 17.5 Å². The third-order valence-electron chi connectivity index (χ3n) is 4.05. The van der Waals surface area contributed by atoms with Gasteiger partial charge in [-0.2, -0.15) is 13.2 Å². The number of nitrogens with zero attached hydrogens (tertiary/aromatic N) is 2. The minimum Gasteiger partial charge on any atom is -0.340 e. The predicted molar refractivity (Wildman–Crippen MR) is 87.9 cm³/mol. The zero-order valence-electron chi connectivity index (χ0n) is 14.3. The molecule has 1 N–H and O–H groups in total. The molecule has 1 saturated heterocycles. The van der Waals surface area contributed by atoms with Gasteiger partial charge < -0.3 is 10.2 Å². The Bertz CT molecular complexity index is 624. The number of benzene rings is 1. The monoisotopic (exact) mass is 357 g/mol. The molecule has 5 nitrogen and oxygen atoms in total. The molecule has 0 aliphatic carbocycles. The fraction of sp³-hybridized carbons (Fsp3) is 0.529. The number of hydrogen-bond donors (Lipinski definition) is 1. The average Bonchev–Trinajstić information content (AvgIpc) is 2.54. The lowest BCUT2D eigenvalue weighted by atomic mass is 10.1. The van der Waals surface area contributed by atoms with Gasteiger partial charge in [0.2, 0.25) is 11.8 Å². The van der Waals surface area contributed by atoms with Gasteiger partial charge >= 0.3 is 6.18 Å². The SMILES string of the molecule is CC(C)C(=O)N1CCN(CC(=O)Nc2ccccc2C(F)(F)F)CC1. The topological polar surface area (TPSA) is 52.7 Å². The van der Waals surface area contributed by atoms with Crippen LogP contribution in [-0.2, 0) is 15.8 Å². The molecule has 0 unspecified atom stereocenters. The maximum absolute atomic E-state index is 12.9. The van der Waals surface area contributed by atoms with Gasteiger partial charge in [-0.1, -0.05) is 26.0 Å². The summed E-state index contributed by atoms with van der Waals surface area (Å²) in [4.78, 5) is 27.6. The number of hydrogen-bond acceptors (Lipinski definition) is 3. The van der Waals surface area contributed by atoms with Crippen LogP contribution in [0.25, 0.3) is 0 Å². The third-order valence-corrected chi connectivity index (χ3v) is 4.05. The van der Waals surface area contributed by atoms with E-state index in [0.29, 0.717) is 26.2 Å². The van der Waals surface area contributed by atoms with E-state index in [9.17, 15) is 22.8 Å². The summed E-state index contributed by atoms with van der Waals surface area (Å²) >= 11 is 0. The Morgan fingerprint density at radius 2 is 1.72 bits per heavy atom. The number of piperazine rings is 1. The van der Waals surface area contributed by atoms with Crippen LogP contribution < -0.4 is 5.32 Å². The molecule has 0 aromatic heterocycles. The van der Waals surface area contributed by atoms with Gasteiger partial charge in [-0.05, 0) is 12.1 Å². The first-order chi connectivity index (χ1) is 11.7. The van der Waals surface area contributed by atoms with Crippen molar-refractivity contribution in [1.29, 1.82) is 0 Å². The van der Waals surface area contributed by atoms with Crippen LogP contribution in [0.2, 0.25) is 0 Å². The zero-order chi connectivity index (χ0) is 18.6. The summed E-state index contributed by atoms with van der Waals surface area (Å²) in [5.41, 5.74) is -1.11. The summed E-state index contributed by atoms with van der Waals surface area (Å²) in [7, 11) is 0. The van der Waals surface area contributed by atoms with Gasteiger partial charge in [0.15, 0.2) is 0 Å². The van der Waals surface area contributed by atoms with Crippen molar-refractivity contribution in [2.45, 2.75) is 20.0 Å². The molecule has 1 aliphatic rings. The summed E-state index contributed by atoms with van der Waals surface area (Å²) in [6.07, 6.45) is -4.52. The van der Waals surface area contributed by atoms with Crippen molar-refractivity contribution in [2.24, 2.45) is 5.92 Å². The lowest BCUT2D eigenvalue weighted by Gasteiger charge is -2.35. The maximum Gasteiger partial charge on any atom is 0.418 e. The van der Waals surface area contributed by atoms with Crippen LogP contribution in [0.4, 0.5) is 18.9 Å². The maximum atomic E-state index is 12.9. The summed E-state index contributed by atoms with van der Waals surface area (Å²) in [6, 6.07) is 4.90. The molecular formula is C17H22F3N3O2. The van der Waals surface area contributed by atoms with E-state index in [1.807, 2.05) is 18.7 Å². The second kappa shape index (κ2) is 7.86. The van der Waals surface area contributed by atoms with E-state index in [-0.39, 0.29) is 24.1 Å². The first kappa shape index (κ1) is 19.2. The van der Waals surface area contributed by atoms with E-state index < -0.39 is 17.6 Å². The van der Waals surface area contributed by atoms with Crippen molar-refractivity contribution in [1.82, 2.24) is 9.80 Å². The molecule has 0 atom stereocenters. The van der Waals surface area contributed by atoms with Crippen molar-refractivity contribution in [2.75, 3.05) is 38.0 Å². The largest absolute Gasteiger partial charge is 0.418 e. The summed E-state index contributed by atoms with van der Waals surface area (Å²) < 4.78 is 38.8. The van der Waals surface area contributed by atoms with E-state index in [2.05, 4.69) is 5.32 Å². The van der Waals surface area contributed by atoms with Crippen LogP contribution in [0.15, 0.2) is 24.3 Å². The van der Waals surface area contributed by atoms with Crippen molar-refractivity contribution in [3.8, 4) is 0 Å². The van der Waals surface area contributed by atoms with Gasteiger partial charge in [0.25, 0.3) is 0 Å². The summed E-state index contributed by atoms with van der Waals surface area (Å²) in [5.74, 6) is -0.503. The van der Waals surface area contributed by atoms with E-state index in [1.165, 1.54) is 18.2 Å². The van der Waals surface area contributed by atoms with Gasteiger partial charge in [-0.15, -0.1) is 0 Å². The highest BCUT2D eigenvalue weighted by Gasteiger charge is 2.33. The smallest absolute Gasteiger partial charge is 0.340 e. The number of halogens is 3. The number of anilines is 1. The normalized spacial score (nSPS) is 16.2. The van der Waals surface area contributed by atoms with Crippen LogP contribution in [0, 0.1) is 5.92 Å². The lowest BCUT2D eigenvalue weighted by Crippen LogP contribution is -2.51. The average molecular weight is 357 g/mol. The molecule has 25 heavy (non-hydrogen) atoms. The summed E-state index contributed by atoms with van der Waals surface area (Å²) in [5, 5.41) is 2.34. The van der Waals surface area contributed by atoms with E-state index >= 15 is 0 Å². The Morgan fingerprint density at radius 1 is 1.12 bits per heavy atom. The second-order valence-corrected chi connectivity index (χ2v) is 6.35. The second-order valence-electron chi connectivity index (χ2n) is 6.35. The van der Waals surface area contributed by atoms with Gasteiger partial charge in [-0.3, -0.25) is 14.5 Å². The molecule has 2 rings (SSSR count). The number of amides is 2. The number of nitrogens with one attached hydrogen (secondary N) is 1. The summed E-state index contributed by atoms with van der Waals surface area (Å²) in [6.45, 7) is 5.74. The Kier molecular flexibility index (Phi) is 6.05. The third kappa shape index (κ3) is 5.19. The fourth-order valence-corrected chi connectivity index (χ4v) is 2.72. The molecule has 0 radical (unpaired) electrons. The minimum absolute atomic E-state index is 0.00407. The van der Waals surface area contributed by atoms with Crippen LogP contribution in [0.1, 0.15) is 19.4 Å². The molecule has 1 heterocycles. The molecule has 138 valence electrons. The zero-order valence-corrected chi connectivity index (χ0v) is 14.3. The van der Waals surface area contributed by atoms with Gasteiger partial charge in [0, 0.05) is 32.1 Å². The highest BCUT2D eigenvalue weighted by atomic mass is 19.4. The molecule has 8 heteroatoms. The van der Waals surface area contributed by atoms with E-state index in [0.717, 1.165) is 6.07 Å². The van der Waals surface area contributed by atoms with Crippen molar-refractivity contribution in [3.05, 3.63) is 29.8 Å². The van der Waals surface area contributed by atoms with Gasteiger partial charge in [0.1, 0.15) is 0 Å². The minimum atomic E-state index is -4.52. The molecular weight excluding hydrogens is 335 g/mol. The molecule has 2 amide bonds. The molecule has 1 aliphatic heterocycles. The first-order valence-electron chi connectivity index (χ1n) is 8.15. The highest BCUT2D eigenvalue weighted by molar-refractivity contribution is 5.93. The molecule has 1 aromatic carbocycles. The number of alkyl halides is 3. The van der Waals surface area contributed by atoms with Crippen LogP contribution in [0.5, 0.6) is 0 Å². The quantitative estimate of drug-likeness (QED) is 0.901. The number of para-hydroxylation sites is 1. The number of rotatable bonds is 4. The van der Waals surface area contributed by atoms with Crippen molar-refractivity contribution in [3.63, 3.8) is 0 Å². The van der Waals surface area contributed by atoms with E-state index in [1.54, 1.807) is 4.90 Å². The standard InChI is InChI=1S/C17H22F3N3O2/c1-12(2)16(25)23-9-7-22(8-10-23)11-15(24)21-14-6-4-3-5-13(14)17(18,19)20/h3-6,12H,7-11H2,1-2H3,(H,21,24). The molecule has 1 aromatic rings. The first-order valence-corrected chi connectivity index (χ1v) is 8.15. The van der Waals surface area contributed by atoms with Crippen molar-refractivity contribution < 1.29 is 22.8 Å².